The Morgan fingerprint density at radius 1 is 1.00 bits per heavy atom. The summed E-state index contributed by atoms with van der Waals surface area (Å²) in [6.07, 6.45) is 2.09. The van der Waals surface area contributed by atoms with Crippen molar-refractivity contribution in [2.45, 2.75) is 38.6 Å². The van der Waals surface area contributed by atoms with E-state index in [1.54, 1.807) is 0 Å². The summed E-state index contributed by atoms with van der Waals surface area (Å²) in [7, 11) is 0. The third kappa shape index (κ3) is 4.04. The molecule has 1 aliphatic carbocycles. The zero-order chi connectivity index (χ0) is 22.9. The second kappa shape index (κ2) is 8.83. The van der Waals surface area contributed by atoms with Crippen molar-refractivity contribution in [2.24, 2.45) is 0 Å². The predicted octanol–water partition coefficient (Wildman–Crippen LogP) is 5.02. The summed E-state index contributed by atoms with van der Waals surface area (Å²) in [5, 5.41) is 3.29. The highest BCUT2D eigenvalue weighted by molar-refractivity contribution is 7.71. The predicted molar refractivity (Wildman–Crippen MR) is 133 cm³/mol. The maximum Gasteiger partial charge on any atom is 0.257 e. The van der Waals surface area contributed by atoms with Crippen LogP contribution in [0, 0.1) is 4.77 Å². The van der Waals surface area contributed by atoms with Gasteiger partial charge in [-0.25, -0.2) is 0 Å². The average molecular weight is 459 g/mol. The zero-order valence-electron chi connectivity index (χ0n) is 18.5. The van der Waals surface area contributed by atoms with Gasteiger partial charge < -0.3 is 15.2 Å². The third-order valence-electron chi connectivity index (χ3n) is 6.48. The van der Waals surface area contributed by atoms with Crippen molar-refractivity contribution in [2.75, 3.05) is 16.8 Å². The van der Waals surface area contributed by atoms with Crippen LogP contribution in [0.1, 0.15) is 48.8 Å². The van der Waals surface area contributed by atoms with Crippen LogP contribution in [0.2, 0.25) is 0 Å². The number of nitrogens with zero attached hydrogens (tertiary/aromatic N) is 1. The topological polar surface area (TPSA) is 81.0 Å². The highest BCUT2D eigenvalue weighted by Crippen LogP contribution is 2.43. The van der Waals surface area contributed by atoms with Crippen molar-refractivity contribution in [3.05, 3.63) is 97.7 Å². The summed E-state index contributed by atoms with van der Waals surface area (Å²) in [5.41, 5.74) is 5.12. The molecule has 2 heterocycles. The van der Waals surface area contributed by atoms with Gasteiger partial charge in [0.1, 0.15) is 5.82 Å². The summed E-state index contributed by atoms with van der Waals surface area (Å²) in [6.45, 7) is 3.82. The second-order valence-corrected chi connectivity index (χ2v) is 8.92. The lowest BCUT2D eigenvalue weighted by molar-refractivity contribution is -0.116. The molecule has 3 N–H and O–H groups in total. The first-order valence-corrected chi connectivity index (χ1v) is 11.7. The van der Waals surface area contributed by atoms with E-state index in [0.29, 0.717) is 23.4 Å². The van der Waals surface area contributed by atoms with E-state index in [-0.39, 0.29) is 16.1 Å². The Balaban J connectivity index is 1.55. The number of anilines is 2. The van der Waals surface area contributed by atoms with Gasteiger partial charge in [-0.05, 0) is 55.2 Å². The molecule has 7 heteroatoms. The Morgan fingerprint density at radius 3 is 2.48 bits per heavy atom. The molecule has 0 spiro atoms. The molecule has 1 atom stereocenters. The van der Waals surface area contributed by atoms with Gasteiger partial charge in [-0.15, -0.1) is 0 Å². The molecule has 5 rings (SSSR count). The first-order chi connectivity index (χ1) is 16.0. The number of benzene rings is 2. The summed E-state index contributed by atoms with van der Waals surface area (Å²) in [4.78, 5) is 34.0. The number of nitrogens with one attached hydrogen (secondary N) is 3. The minimum Gasteiger partial charge on any atom is -0.367 e. The highest BCUT2D eigenvalue weighted by atomic mass is 32.1. The van der Waals surface area contributed by atoms with Crippen LogP contribution in [0.3, 0.4) is 0 Å². The van der Waals surface area contributed by atoms with Crippen LogP contribution in [0.4, 0.5) is 11.5 Å². The molecule has 0 radical (unpaired) electrons. The smallest absolute Gasteiger partial charge is 0.257 e. The van der Waals surface area contributed by atoms with E-state index in [4.69, 9.17) is 12.2 Å². The van der Waals surface area contributed by atoms with Gasteiger partial charge in [-0.3, -0.25) is 14.6 Å². The first-order valence-electron chi connectivity index (χ1n) is 11.3. The molecule has 1 aliphatic heterocycles. The Labute approximate surface area is 197 Å². The van der Waals surface area contributed by atoms with Crippen molar-refractivity contribution in [1.82, 2.24) is 9.97 Å². The SMILES string of the molecule is CCN(Cc1ccccc1)c1ccc([C@H]2C3=C(CCCC3=O)Nc3[nH]c(=S)[nH]c(=O)c32)cc1. The Bertz CT molecular complexity index is 1340. The molecule has 2 aromatic carbocycles. The van der Waals surface area contributed by atoms with Crippen LogP contribution in [0.5, 0.6) is 0 Å². The number of H-pyrrole nitrogens is 2. The van der Waals surface area contributed by atoms with Crippen molar-refractivity contribution >= 4 is 29.5 Å². The van der Waals surface area contributed by atoms with Crippen molar-refractivity contribution in [3.8, 4) is 0 Å². The van der Waals surface area contributed by atoms with E-state index < -0.39 is 5.92 Å². The summed E-state index contributed by atoms with van der Waals surface area (Å²) in [5.74, 6) is 0.271. The first kappa shape index (κ1) is 21.4. The normalized spacial score (nSPS) is 17.2. The molecule has 0 bridgehead atoms. The summed E-state index contributed by atoms with van der Waals surface area (Å²) < 4.78 is 0.269. The number of rotatable bonds is 5. The number of allylic oxidation sites excluding steroid dienone is 2. The van der Waals surface area contributed by atoms with Crippen LogP contribution < -0.4 is 15.8 Å². The number of ketones is 1. The van der Waals surface area contributed by atoms with Crippen LogP contribution >= 0.6 is 12.2 Å². The van der Waals surface area contributed by atoms with Gasteiger partial charge in [0.05, 0.1) is 5.56 Å². The van der Waals surface area contributed by atoms with E-state index >= 15 is 0 Å². The number of aromatic nitrogens is 2. The van der Waals surface area contributed by atoms with Crippen molar-refractivity contribution in [1.29, 1.82) is 0 Å². The number of hydrogen-bond acceptors (Lipinski definition) is 5. The number of fused-ring (bicyclic) bond motifs is 1. The van der Waals surface area contributed by atoms with Crippen LogP contribution in [-0.4, -0.2) is 22.3 Å². The second-order valence-electron chi connectivity index (χ2n) is 8.52. The maximum atomic E-state index is 13.0. The Kier molecular flexibility index (Phi) is 5.72. The molecular weight excluding hydrogens is 432 g/mol. The lowest BCUT2D eigenvalue weighted by atomic mass is 9.76. The number of carbonyl (C=O) groups excluding carboxylic acids is 1. The van der Waals surface area contributed by atoms with Gasteiger partial charge in [-0.2, -0.15) is 0 Å². The van der Waals surface area contributed by atoms with E-state index in [9.17, 15) is 9.59 Å². The molecule has 3 aromatic rings. The highest BCUT2D eigenvalue weighted by Gasteiger charge is 2.37. The maximum absolute atomic E-state index is 13.0. The largest absolute Gasteiger partial charge is 0.367 e. The summed E-state index contributed by atoms with van der Waals surface area (Å²) in [6, 6.07) is 18.6. The van der Waals surface area contributed by atoms with E-state index in [1.165, 1.54) is 5.56 Å². The van der Waals surface area contributed by atoms with Gasteiger partial charge in [0.2, 0.25) is 0 Å². The molecule has 2 aliphatic rings. The fraction of sp³-hybridized carbons (Fsp3) is 0.269. The Hall–Kier alpha value is -3.45. The zero-order valence-corrected chi connectivity index (χ0v) is 19.3. The average Bonchev–Trinajstić information content (AvgIpc) is 2.82. The van der Waals surface area contributed by atoms with Gasteiger partial charge in [-0.1, -0.05) is 42.5 Å². The quantitative estimate of drug-likeness (QED) is 0.468. The minimum absolute atomic E-state index is 0.101. The fourth-order valence-corrected chi connectivity index (χ4v) is 5.09. The fourth-order valence-electron chi connectivity index (χ4n) is 4.89. The minimum atomic E-state index is -0.419. The van der Waals surface area contributed by atoms with E-state index in [1.807, 2.05) is 18.2 Å². The van der Waals surface area contributed by atoms with Crippen LogP contribution in [0.25, 0.3) is 0 Å². The molecule has 1 aromatic heterocycles. The molecular formula is C26H26N4O2S. The molecule has 0 unspecified atom stereocenters. The van der Waals surface area contributed by atoms with E-state index in [0.717, 1.165) is 42.9 Å². The summed E-state index contributed by atoms with van der Waals surface area (Å²) >= 11 is 5.18. The molecule has 33 heavy (non-hydrogen) atoms. The number of Topliss-reactive ketones (excluding diaryl/α,β-unsaturated/α-hetero) is 1. The van der Waals surface area contributed by atoms with Crippen LogP contribution in [-0.2, 0) is 11.3 Å². The Morgan fingerprint density at radius 2 is 1.76 bits per heavy atom. The molecule has 168 valence electrons. The van der Waals surface area contributed by atoms with Gasteiger partial charge in [0.15, 0.2) is 10.6 Å². The van der Waals surface area contributed by atoms with E-state index in [2.05, 4.69) is 63.5 Å². The third-order valence-corrected chi connectivity index (χ3v) is 6.68. The number of aromatic amines is 2. The standard InChI is InChI=1S/C26H26N4O2S/c1-2-30(15-16-7-4-3-5-8-16)18-13-11-17(12-14-18)21-22-19(9-6-10-20(22)31)27-24-23(21)25(32)29-26(33)28-24/h3-5,7-8,11-14,21H,2,6,9-10,15H2,1H3,(H3,27,28,29,32,33)/t21-/m0/s1. The van der Waals surface area contributed by atoms with Gasteiger partial charge >= 0.3 is 0 Å². The lowest BCUT2D eigenvalue weighted by Gasteiger charge is -2.33. The lowest BCUT2D eigenvalue weighted by Crippen LogP contribution is -2.32. The monoisotopic (exact) mass is 458 g/mol. The molecule has 0 saturated carbocycles. The van der Waals surface area contributed by atoms with Crippen LogP contribution in [0.15, 0.2) is 70.7 Å². The number of hydrogen-bond donors (Lipinski definition) is 3. The van der Waals surface area contributed by atoms with Crippen molar-refractivity contribution in [3.63, 3.8) is 0 Å². The molecule has 0 fully saturated rings. The molecule has 0 saturated heterocycles. The number of carbonyl (C=O) groups is 1. The van der Waals surface area contributed by atoms with Crippen molar-refractivity contribution < 1.29 is 4.79 Å². The molecule has 0 amide bonds. The van der Waals surface area contributed by atoms with Gasteiger partial charge in [0.25, 0.3) is 5.56 Å². The molecule has 6 nitrogen and oxygen atoms in total. The van der Waals surface area contributed by atoms with Gasteiger partial charge in [0, 0.05) is 42.4 Å².